The SMILES string of the molecule is CCCn1nccc1CC(CN)C(=O)N1CCCC1. The Morgan fingerprint density at radius 1 is 1.47 bits per heavy atom. The van der Waals surface area contributed by atoms with Crippen LogP contribution in [0.5, 0.6) is 0 Å². The maximum Gasteiger partial charge on any atom is 0.227 e. The highest BCUT2D eigenvalue weighted by Gasteiger charge is 2.26. The molecular weight excluding hydrogens is 240 g/mol. The molecule has 1 aliphatic rings. The number of carbonyl (C=O) groups is 1. The van der Waals surface area contributed by atoms with Crippen LogP contribution in [0.25, 0.3) is 0 Å². The van der Waals surface area contributed by atoms with Crippen molar-refractivity contribution in [3.8, 4) is 0 Å². The molecule has 0 bridgehead atoms. The van der Waals surface area contributed by atoms with Gasteiger partial charge in [-0.05, 0) is 25.3 Å². The average Bonchev–Trinajstić information content (AvgIpc) is 3.07. The number of aryl methyl sites for hydroxylation is 1. The minimum atomic E-state index is -0.106. The highest BCUT2D eigenvalue weighted by atomic mass is 16.2. The van der Waals surface area contributed by atoms with Gasteiger partial charge in [-0.25, -0.2) is 0 Å². The Labute approximate surface area is 114 Å². The van der Waals surface area contributed by atoms with Gasteiger partial charge in [-0.1, -0.05) is 6.92 Å². The van der Waals surface area contributed by atoms with Crippen LogP contribution in [0.2, 0.25) is 0 Å². The van der Waals surface area contributed by atoms with E-state index in [4.69, 9.17) is 5.73 Å². The number of carbonyl (C=O) groups excluding carboxylic acids is 1. The topological polar surface area (TPSA) is 64.2 Å². The van der Waals surface area contributed by atoms with E-state index in [0.717, 1.165) is 44.6 Å². The van der Waals surface area contributed by atoms with Gasteiger partial charge in [0, 0.05) is 44.5 Å². The molecule has 2 N–H and O–H groups in total. The van der Waals surface area contributed by atoms with Gasteiger partial charge in [-0.3, -0.25) is 9.48 Å². The summed E-state index contributed by atoms with van der Waals surface area (Å²) < 4.78 is 1.99. The van der Waals surface area contributed by atoms with Crippen molar-refractivity contribution >= 4 is 5.91 Å². The van der Waals surface area contributed by atoms with Crippen molar-refractivity contribution < 1.29 is 4.79 Å². The Kier molecular flexibility index (Phi) is 4.96. The zero-order valence-corrected chi connectivity index (χ0v) is 11.7. The monoisotopic (exact) mass is 264 g/mol. The first kappa shape index (κ1) is 14.1. The van der Waals surface area contributed by atoms with Crippen LogP contribution in [0.3, 0.4) is 0 Å². The molecule has 106 valence electrons. The second-order valence-corrected chi connectivity index (χ2v) is 5.21. The van der Waals surface area contributed by atoms with Crippen LogP contribution in [-0.4, -0.2) is 40.2 Å². The fourth-order valence-corrected chi connectivity index (χ4v) is 2.67. The molecule has 2 heterocycles. The smallest absolute Gasteiger partial charge is 0.227 e. The molecule has 0 radical (unpaired) electrons. The second kappa shape index (κ2) is 6.70. The number of amides is 1. The summed E-state index contributed by atoms with van der Waals surface area (Å²) >= 11 is 0. The molecule has 1 aliphatic heterocycles. The quantitative estimate of drug-likeness (QED) is 0.834. The highest BCUT2D eigenvalue weighted by Crippen LogP contribution is 2.15. The maximum atomic E-state index is 12.4. The molecule has 19 heavy (non-hydrogen) atoms. The lowest BCUT2D eigenvalue weighted by Crippen LogP contribution is -2.38. The molecule has 1 fully saturated rings. The van der Waals surface area contributed by atoms with Gasteiger partial charge in [0.2, 0.25) is 5.91 Å². The molecule has 0 saturated carbocycles. The first-order valence-electron chi connectivity index (χ1n) is 7.25. The number of likely N-dealkylation sites (tertiary alicyclic amines) is 1. The van der Waals surface area contributed by atoms with Gasteiger partial charge < -0.3 is 10.6 Å². The summed E-state index contributed by atoms with van der Waals surface area (Å²) in [6.07, 6.45) is 5.79. The van der Waals surface area contributed by atoms with Gasteiger partial charge in [0.1, 0.15) is 0 Å². The van der Waals surface area contributed by atoms with Crippen molar-refractivity contribution in [1.82, 2.24) is 14.7 Å². The van der Waals surface area contributed by atoms with Crippen LogP contribution in [-0.2, 0) is 17.8 Å². The van der Waals surface area contributed by atoms with Crippen LogP contribution >= 0.6 is 0 Å². The van der Waals surface area contributed by atoms with E-state index in [2.05, 4.69) is 12.0 Å². The molecule has 5 heteroatoms. The molecule has 1 amide bonds. The number of hydrogen-bond acceptors (Lipinski definition) is 3. The Balaban J connectivity index is 2.01. The summed E-state index contributed by atoms with van der Waals surface area (Å²) in [6.45, 7) is 5.22. The van der Waals surface area contributed by atoms with Crippen LogP contribution in [0.4, 0.5) is 0 Å². The van der Waals surface area contributed by atoms with E-state index in [1.54, 1.807) is 6.20 Å². The number of aromatic nitrogens is 2. The Bertz CT molecular complexity index is 409. The van der Waals surface area contributed by atoms with Crippen LogP contribution in [0, 0.1) is 5.92 Å². The van der Waals surface area contributed by atoms with E-state index in [9.17, 15) is 4.79 Å². The molecule has 5 nitrogen and oxygen atoms in total. The number of rotatable bonds is 6. The van der Waals surface area contributed by atoms with Crippen LogP contribution < -0.4 is 5.73 Å². The van der Waals surface area contributed by atoms with E-state index < -0.39 is 0 Å². The minimum Gasteiger partial charge on any atom is -0.342 e. The molecule has 0 spiro atoms. The third-order valence-corrected chi connectivity index (χ3v) is 3.75. The average molecular weight is 264 g/mol. The lowest BCUT2D eigenvalue weighted by Gasteiger charge is -2.22. The van der Waals surface area contributed by atoms with Gasteiger partial charge in [-0.15, -0.1) is 0 Å². The molecule has 0 aromatic carbocycles. The highest BCUT2D eigenvalue weighted by molar-refractivity contribution is 5.79. The van der Waals surface area contributed by atoms with Gasteiger partial charge >= 0.3 is 0 Å². The van der Waals surface area contributed by atoms with Gasteiger partial charge in [0.15, 0.2) is 0 Å². The zero-order chi connectivity index (χ0) is 13.7. The van der Waals surface area contributed by atoms with E-state index in [-0.39, 0.29) is 11.8 Å². The molecule has 2 rings (SSSR count). The fraction of sp³-hybridized carbons (Fsp3) is 0.714. The van der Waals surface area contributed by atoms with E-state index >= 15 is 0 Å². The second-order valence-electron chi connectivity index (χ2n) is 5.21. The minimum absolute atomic E-state index is 0.106. The predicted molar refractivity (Wildman–Crippen MR) is 74.6 cm³/mol. The van der Waals surface area contributed by atoms with Gasteiger partial charge in [0.05, 0.1) is 5.92 Å². The summed E-state index contributed by atoms with van der Waals surface area (Å²) in [5.41, 5.74) is 6.92. The Morgan fingerprint density at radius 3 is 2.84 bits per heavy atom. The third-order valence-electron chi connectivity index (χ3n) is 3.75. The predicted octanol–water partition coefficient (Wildman–Crippen LogP) is 1.03. The van der Waals surface area contributed by atoms with Crippen molar-refractivity contribution in [2.75, 3.05) is 19.6 Å². The molecule has 1 atom stereocenters. The molecule has 1 unspecified atom stereocenters. The lowest BCUT2D eigenvalue weighted by molar-refractivity contribution is -0.134. The van der Waals surface area contributed by atoms with Gasteiger partial charge in [-0.2, -0.15) is 5.10 Å². The lowest BCUT2D eigenvalue weighted by atomic mass is 10.0. The van der Waals surface area contributed by atoms with Crippen molar-refractivity contribution in [2.45, 2.75) is 39.2 Å². The summed E-state index contributed by atoms with van der Waals surface area (Å²) in [5.74, 6) is 0.106. The van der Waals surface area contributed by atoms with E-state index in [1.807, 2.05) is 15.6 Å². The normalized spacial score (nSPS) is 16.8. The molecular formula is C14H24N4O. The molecule has 1 aromatic rings. The fourth-order valence-electron chi connectivity index (χ4n) is 2.67. The largest absolute Gasteiger partial charge is 0.342 e. The van der Waals surface area contributed by atoms with Crippen LogP contribution in [0.15, 0.2) is 12.3 Å². The molecule has 0 aliphatic carbocycles. The number of hydrogen-bond donors (Lipinski definition) is 1. The number of nitrogens with zero attached hydrogens (tertiary/aromatic N) is 3. The van der Waals surface area contributed by atoms with Crippen molar-refractivity contribution in [2.24, 2.45) is 11.7 Å². The first-order valence-corrected chi connectivity index (χ1v) is 7.25. The van der Waals surface area contributed by atoms with Crippen molar-refractivity contribution in [3.63, 3.8) is 0 Å². The first-order chi connectivity index (χ1) is 9.26. The summed E-state index contributed by atoms with van der Waals surface area (Å²) in [4.78, 5) is 14.3. The van der Waals surface area contributed by atoms with Crippen molar-refractivity contribution in [1.29, 1.82) is 0 Å². The Hall–Kier alpha value is -1.36. The summed E-state index contributed by atoms with van der Waals surface area (Å²) in [6, 6.07) is 2.00. The summed E-state index contributed by atoms with van der Waals surface area (Å²) in [7, 11) is 0. The van der Waals surface area contributed by atoms with E-state index in [0.29, 0.717) is 13.0 Å². The number of nitrogens with two attached hydrogens (primary N) is 1. The van der Waals surface area contributed by atoms with E-state index in [1.165, 1.54) is 0 Å². The Morgan fingerprint density at radius 2 is 2.21 bits per heavy atom. The maximum absolute atomic E-state index is 12.4. The van der Waals surface area contributed by atoms with Crippen LogP contribution in [0.1, 0.15) is 31.9 Å². The zero-order valence-electron chi connectivity index (χ0n) is 11.7. The summed E-state index contributed by atoms with van der Waals surface area (Å²) in [5, 5.41) is 4.30. The van der Waals surface area contributed by atoms with Gasteiger partial charge in [0.25, 0.3) is 0 Å². The molecule has 1 saturated heterocycles. The standard InChI is InChI=1S/C14H24N4O/c1-2-7-18-13(5-6-16-18)10-12(11-15)14(19)17-8-3-4-9-17/h5-6,12H,2-4,7-11,15H2,1H3. The third kappa shape index (κ3) is 3.35. The molecule has 1 aromatic heterocycles. The van der Waals surface area contributed by atoms with Crippen molar-refractivity contribution in [3.05, 3.63) is 18.0 Å².